The van der Waals surface area contributed by atoms with Gasteiger partial charge in [-0.2, -0.15) is 0 Å². The first-order valence-electron chi connectivity index (χ1n) is 49.5. The monoisotopic (exact) mass is 2070 g/mol. The number of carbonyl (C=O) groups excluding carboxylic acids is 8. The zero-order valence-corrected chi connectivity index (χ0v) is 86.3. The Hall–Kier alpha value is -18.1. The average Bonchev–Trinajstić information content (AvgIpc) is 1.70. The third kappa shape index (κ3) is 15.9. The van der Waals surface area contributed by atoms with E-state index in [0.717, 1.165) is 117 Å². The molecule has 0 unspecified atom stereocenters. The Morgan fingerprint density at radius 3 is 0.779 bits per heavy atom. The number of hydrogen-bond donors (Lipinski definition) is 0. The molecule has 8 aliphatic rings. The number of Topliss-reactive ketones (excluding diaryl/α,β-unsaturated/α-hetero) is 8. The van der Waals surface area contributed by atoms with Crippen LogP contribution in [0.1, 0.15) is 105 Å². The van der Waals surface area contributed by atoms with Crippen molar-refractivity contribution in [2.45, 2.75) is 24.6 Å². The van der Waals surface area contributed by atoms with Crippen LogP contribution < -0.4 is 52.6 Å². The number of allylic oxidation sites excluding steroid dienone is 4. The van der Waals surface area contributed by atoms with Crippen LogP contribution in [0.2, 0.25) is 24.6 Å². The van der Waals surface area contributed by atoms with Crippen molar-refractivity contribution in [1.82, 2.24) is 9.97 Å². The van der Waals surface area contributed by atoms with Crippen molar-refractivity contribution in [3.8, 4) is 0 Å². The molecule has 0 atom stereocenters. The number of hydrogen-bond acceptors (Lipinski definition) is 15. The van der Waals surface area contributed by atoms with Gasteiger partial charge in [-0.05, 0) is 162 Å². The summed E-state index contributed by atoms with van der Waals surface area (Å²) in [6.45, 7) is 4.82. The number of anilines is 14. The van der Waals surface area contributed by atoms with Crippen molar-refractivity contribution >= 4 is 258 Å². The van der Waals surface area contributed by atoms with E-state index >= 15 is 0 Å². The van der Waals surface area contributed by atoms with Gasteiger partial charge in [-0.1, -0.05) is 183 Å². The van der Waals surface area contributed by atoms with Crippen LogP contribution in [0.5, 0.6) is 0 Å². The van der Waals surface area contributed by atoms with Gasteiger partial charge in [0, 0.05) is 52.6 Å². The summed E-state index contributed by atoms with van der Waals surface area (Å²) in [4.78, 5) is 126. The number of nitrogens with zero attached hydrogens (tertiary/aromatic N) is 7. The van der Waals surface area contributed by atoms with Gasteiger partial charge in [-0.15, -0.1) is 0 Å². The van der Waals surface area contributed by atoms with E-state index in [1.807, 2.05) is 231 Å². The Labute approximate surface area is 869 Å². The summed E-state index contributed by atoms with van der Waals surface area (Å²) in [5, 5.41) is 10.5. The molecule has 0 spiro atoms. The number of ketones is 8. The van der Waals surface area contributed by atoms with Crippen molar-refractivity contribution < 1.29 is 38.4 Å². The summed E-state index contributed by atoms with van der Waals surface area (Å²) in [6, 6.07) is 138. The van der Waals surface area contributed by atoms with Crippen molar-refractivity contribution in [2.75, 3.05) is 31.5 Å². The summed E-state index contributed by atoms with van der Waals surface area (Å²) in [6.07, 6.45) is 10.2. The van der Waals surface area contributed by atoms with Crippen molar-refractivity contribution in [1.29, 1.82) is 0 Å². The molecule has 149 heavy (non-hydrogen) atoms. The second kappa shape index (κ2) is 36.9. The van der Waals surface area contributed by atoms with Crippen LogP contribution in [-0.2, 0) is 0 Å². The van der Waals surface area contributed by atoms with Gasteiger partial charge in [0.05, 0.1) is 33.9 Å². The average molecular weight is 2070 g/mol. The number of carbonyl (C=O) groups is 8. The zero-order valence-electron chi connectivity index (χ0n) is 81.5. The molecule has 0 amide bonds. The van der Waals surface area contributed by atoms with Gasteiger partial charge in [0.1, 0.15) is 13.9 Å². The first-order valence-corrected chi connectivity index (χ1v) is 60.5. The molecular weight excluding hydrogens is 1980 g/mol. The maximum atomic E-state index is 13.2. The number of rotatable bonds is 8. The standard InChI is InChI=1S/C34H25GeNO2.C34H25NO2Si.C32H21N3O2.C31H18N2O2Se/c1-35(2)29-11-5-7-13-31(29)36(32-14-8-6-12-30(32)35)25-17-15-22(16-18-25)19-28-33(37)26-20-23-9-3-4-10-24(23)21-27(26)34(28)38;1-38(2)31-13-7-5-11-29(31)35(30-12-6-8-14-32(30)38)25-17-15-22(16-18-25)19-28-33(36)26-20-23-9-3-4-10-24(23)21-27(26)34(28)37;1-34-26-10-4-6-12-28(26)35(29-13-7-5-11-27(29)34)30-15-14-20(19-33-30)16-25-31(36)23-17-21-8-2-3-9-22(21)18-24(23)32(25)37;34-30-22-16-20-7-1-2-8-21(20)17-23(22)31(35)24(30)15-19-13-14-29(32-18-19)33-25-9-3-5-11-27(25)36-28-12-6-4-10-26(28)33/h2*3-21H,1-2H3;2-19H,1H3;1-18H. The molecule has 6 heterocycles. The fraction of sp³-hybridized carbons (Fsp3) is 0.0382. The van der Waals surface area contributed by atoms with Crippen LogP contribution in [0.25, 0.3) is 67.4 Å². The van der Waals surface area contributed by atoms with Crippen LogP contribution in [0, 0.1) is 0 Å². The molecule has 0 N–H and O–H groups in total. The fourth-order valence-corrected chi connectivity index (χ4v) is 33.6. The van der Waals surface area contributed by atoms with Crippen LogP contribution in [0.3, 0.4) is 0 Å². The van der Waals surface area contributed by atoms with Crippen LogP contribution >= 0.6 is 0 Å². The SMILES string of the molecule is CN1c2ccccc2N(c2ccc(C=C3C(=O)c4cc5ccccc5cc4C3=O)cn2)c2ccccc21.C[Si]1(C)c2ccccc2N(c2ccc(C=C3C(=O)c4cc5ccccc5cc4C3=O)cc2)c2ccccc21.O=C1C(=Cc2ccc(N3c4ccccc4[Se]c4ccccc43)nc2)C(=O)c2cc3ccccc3cc21.[CH3][Ge]1([CH3])[c]2ccccc2N(c2ccc(C=C3C(=O)c4cc5ccccc5cc4C3=O)cc2)c2cccc[c]21. The number of fused-ring (bicyclic) bond motifs is 16. The Kier molecular flexibility index (Phi) is 22.8. The van der Waals surface area contributed by atoms with Gasteiger partial charge >= 0.3 is 369 Å². The van der Waals surface area contributed by atoms with E-state index in [0.29, 0.717) is 50.1 Å². The Balaban J connectivity index is 0.000000103. The molecule has 0 saturated heterocycles. The summed E-state index contributed by atoms with van der Waals surface area (Å²) in [5.74, 6) is 4.73. The van der Waals surface area contributed by atoms with Gasteiger partial charge in [0.2, 0.25) is 0 Å². The van der Waals surface area contributed by atoms with Gasteiger partial charge in [-0.3, -0.25) is 24.1 Å². The van der Waals surface area contributed by atoms with Gasteiger partial charge < -0.3 is 9.80 Å². The van der Waals surface area contributed by atoms with E-state index < -0.39 is 21.3 Å². The second-order valence-corrected chi connectivity index (χ2v) is 54.8. The van der Waals surface area contributed by atoms with Crippen LogP contribution in [-0.4, -0.2) is 99.6 Å². The summed E-state index contributed by atoms with van der Waals surface area (Å²) in [7, 11) is 0.231. The molecule has 2 aromatic heterocycles. The molecule has 18 aromatic carbocycles. The van der Waals surface area contributed by atoms with Crippen molar-refractivity contribution in [2.24, 2.45) is 0 Å². The first kappa shape index (κ1) is 92.1. The Bertz CT molecular complexity index is 8660. The number of aromatic nitrogens is 2. The predicted molar refractivity (Wildman–Crippen MR) is 609 cm³/mol. The first-order chi connectivity index (χ1) is 72.6. The van der Waals surface area contributed by atoms with E-state index in [-0.39, 0.29) is 83.5 Å². The second-order valence-electron chi connectivity index (χ2n) is 39.2. The van der Waals surface area contributed by atoms with Crippen LogP contribution in [0.4, 0.5) is 79.9 Å². The molecule has 15 nitrogen and oxygen atoms in total. The fourth-order valence-electron chi connectivity index (χ4n) is 22.1. The molecule has 0 bridgehead atoms. The summed E-state index contributed by atoms with van der Waals surface area (Å²) in [5.41, 5.74) is 21.3. The third-order valence-corrected chi connectivity index (χ3v) is 43.0. The molecule has 4 aliphatic carbocycles. The molecule has 20 aromatic rings. The molecule has 0 radical (unpaired) electrons. The number of pyridine rings is 2. The third-order valence-electron chi connectivity index (χ3n) is 29.7. The topological polar surface area (TPSA) is 179 Å². The van der Waals surface area contributed by atoms with E-state index in [1.54, 1.807) is 36.7 Å². The van der Waals surface area contributed by atoms with E-state index in [2.05, 4.69) is 238 Å². The summed E-state index contributed by atoms with van der Waals surface area (Å²) < 4.78 is 5.54. The van der Waals surface area contributed by atoms with E-state index in [9.17, 15) is 38.4 Å². The molecule has 28 rings (SSSR count). The number of para-hydroxylation sites is 10. The normalized spacial score (nSPS) is 14.7. The molecule has 0 fully saturated rings. The van der Waals surface area contributed by atoms with Gasteiger partial charge in [0.15, 0.2) is 23.1 Å². The predicted octanol–water partition coefficient (Wildman–Crippen LogP) is 26.2. The van der Waals surface area contributed by atoms with Crippen LogP contribution in [0.15, 0.2) is 447 Å². The molecule has 18 heteroatoms. The minimum absolute atomic E-state index is 0.176. The van der Waals surface area contributed by atoms with Crippen molar-refractivity contribution in [3.63, 3.8) is 0 Å². The Morgan fingerprint density at radius 2 is 0.477 bits per heavy atom. The summed E-state index contributed by atoms with van der Waals surface area (Å²) >= 11 is -2.20. The van der Waals surface area contributed by atoms with E-state index in [4.69, 9.17) is 9.97 Å². The molecular formula is C131H89GeN7O8SeSi. The van der Waals surface area contributed by atoms with Crippen molar-refractivity contribution in [3.05, 3.63) is 514 Å². The Morgan fingerprint density at radius 1 is 0.242 bits per heavy atom. The van der Waals surface area contributed by atoms with Gasteiger partial charge in [0.25, 0.3) is 0 Å². The quantitative estimate of drug-likeness (QED) is 0.0796. The van der Waals surface area contributed by atoms with Gasteiger partial charge in [-0.25, -0.2) is 4.98 Å². The molecule has 0 saturated carbocycles. The number of benzene rings is 18. The minimum atomic E-state index is -2.43. The molecule has 4 aliphatic heterocycles. The molecule has 710 valence electrons. The van der Waals surface area contributed by atoms with E-state index in [1.165, 1.54) is 50.8 Å². The zero-order chi connectivity index (χ0) is 101. The maximum absolute atomic E-state index is 13.2.